The quantitative estimate of drug-likeness (QED) is 0.678. The van der Waals surface area contributed by atoms with Crippen molar-refractivity contribution >= 4 is 11.9 Å². The number of cyclic esters (lactones) is 2. The third-order valence-electron chi connectivity index (χ3n) is 9.61. The van der Waals surface area contributed by atoms with E-state index in [1.54, 1.807) is 18.6 Å². The third-order valence-corrected chi connectivity index (χ3v) is 9.61. The minimum absolute atomic E-state index is 0.174. The Labute approximate surface area is 191 Å². The van der Waals surface area contributed by atoms with Crippen molar-refractivity contribution in [3.8, 4) is 0 Å². The highest BCUT2D eigenvalue weighted by Crippen LogP contribution is 2.85. The Balaban J connectivity index is 1.24. The summed E-state index contributed by atoms with van der Waals surface area (Å²) < 4.78 is 29.8. The molecule has 2 saturated carbocycles. The summed E-state index contributed by atoms with van der Waals surface area (Å²) in [7, 11) is 0. The Morgan fingerprint density at radius 1 is 1.15 bits per heavy atom. The van der Waals surface area contributed by atoms with Gasteiger partial charge in [-0.15, -0.1) is 0 Å². The van der Waals surface area contributed by atoms with Gasteiger partial charge in [0.15, 0.2) is 5.79 Å². The highest BCUT2D eigenvalue weighted by molar-refractivity contribution is 5.88. The van der Waals surface area contributed by atoms with Crippen LogP contribution in [-0.2, 0) is 28.5 Å². The molecule has 0 bridgehead atoms. The van der Waals surface area contributed by atoms with E-state index in [0.717, 1.165) is 12.0 Å². The maximum Gasteiger partial charge on any atom is 0.331 e. The number of furan rings is 1. The predicted molar refractivity (Wildman–Crippen MR) is 110 cm³/mol. The Morgan fingerprint density at radius 3 is 2.67 bits per heavy atom. The summed E-state index contributed by atoms with van der Waals surface area (Å²) in [6.07, 6.45) is 8.06. The summed E-state index contributed by atoms with van der Waals surface area (Å²) in [6, 6.07) is 1.83. The summed E-state index contributed by atoms with van der Waals surface area (Å²) in [5, 5.41) is 12.2. The molecule has 5 fully saturated rings. The van der Waals surface area contributed by atoms with E-state index in [1.165, 1.54) is 6.08 Å². The molecule has 6 aliphatic rings. The zero-order chi connectivity index (χ0) is 23.1. The topological polar surface area (TPSA) is 104 Å². The minimum Gasteiger partial charge on any atom is -0.472 e. The predicted octanol–water partition coefficient (Wildman–Crippen LogP) is 2.95. The zero-order valence-electron chi connectivity index (χ0n) is 19.0. The largest absolute Gasteiger partial charge is 0.472 e. The molecule has 8 heteroatoms. The number of ether oxygens (including phenoxy) is 4. The van der Waals surface area contributed by atoms with Crippen molar-refractivity contribution in [3.05, 3.63) is 36.3 Å². The summed E-state index contributed by atoms with van der Waals surface area (Å²) in [4.78, 5) is 25.2. The van der Waals surface area contributed by atoms with Gasteiger partial charge >= 0.3 is 11.9 Å². The first-order valence-electron chi connectivity index (χ1n) is 11.8. The van der Waals surface area contributed by atoms with Crippen LogP contribution in [0.2, 0.25) is 0 Å². The number of rotatable bonds is 2. The second-order valence-electron chi connectivity index (χ2n) is 11.6. The monoisotopic (exact) mass is 456 g/mol. The highest BCUT2D eigenvalue weighted by Gasteiger charge is 2.92. The van der Waals surface area contributed by atoms with E-state index in [-0.39, 0.29) is 24.3 Å². The number of carbonyl (C=O) groups excluding carboxylic acids is 2. The molecule has 7 rings (SSSR count). The van der Waals surface area contributed by atoms with E-state index in [0.29, 0.717) is 19.3 Å². The average molecular weight is 456 g/mol. The van der Waals surface area contributed by atoms with Gasteiger partial charge in [-0.1, -0.05) is 0 Å². The van der Waals surface area contributed by atoms with Gasteiger partial charge in [0.25, 0.3) is 0 Å². The number of aliphatic hydroxyl groups is 1. The molecule has 8 nitrogen and oxygen atoms in total. The molecule has 8 atom stereocenters. The van der Waals surface area contributed by atoms with Gasteiger partial charge in [0.2, 0.25) is 0 Å². The van der Waals surface area contributed by atoms with Crippen LogP contribution in [-0.4, -0.2) is 45.7 Å². The summed E-state index contributed by atoms with van der Waals surface area (Å²) >= 11 is 0. The van der Waals surface area contributed by atoms with E-state index < -0.39 is 45.6 Å². The zero-order valence-corrected chi connectivity index (χ0v) is 19.0. The lowest BCUT2D eigenvalue weighted by atomic mass is 9.65. The standard InChI is InChI=1S/C25H28O8/c1-20(2)15(21(3)7-5-17(26)32-21)10-23(33-20)13-25(28)16(31-23)4-8-22-12-24(22,25)19(27)30-18(22)14-6-9-29-11-14/h5-7,9,11,15-16,18,28H,4,8,10,12-13H2,1-3H3/t15-,16-,18+,21-,22+,23-,24+,25-/m0/s1. The lowest BCUT2D eigenvalue weighted by Crippen LogP contribution is -2.54. The van der Waals surface area contributed by atoms with Gasteiger partial charge in [-0.05, 0) is 52.2 Å². The van der Waals surface area contributed by atoms with Crippen molar-refractivity contribution in [1.29, 1.82) is 0 Å². The summed E-state index contributed by atoms with van der Waals surface area (Å²) in [6.45, 7) is 5.81. The Morgan fingerprint density at radius 2 is 1.97 bits per heavy atom. The Bertz CT molecular complexity index is 1110. The first kappa shape index (κ1) is 20.2. The first-order chi connectivity index (χ1) is 15.5. The molecule has 3 saturated heterocycles. The van der Waals surface area contributed by atoms with Crippen LogP contribution in [0.4, 0.5) is 0 Å². The van der Waals surface area contributed by atoms with Crippen molar-refractivity contribution in [1.82, 2.24) is 0 Å². The summed E-state index contributed by atoms with van der Waals surface area (Å²) in [5.41, 5.74) is -3.47. The normalized spacial score (nSPS) is 53.0. The number of hydrogen-bond acceptors (Lipinski definition) is 8. The molecule has 0 amide bonds. The van der Waals surface area contributed by atoms with Crippen LogP contribution in [0.15, 0.2) is 35.2 Å². The first-order valence-corrected chi connectivity index (χ1v) is 11.8. The Kier molecular flexibility index (Phi) is 3.41. The highest BCUT2D eigenvalue weighted by atomic mass is 16.7. The molecule has 2 aliphatic carbocycles. The molecule has 0 radical (unpaired) electrons. The van der Waals surface area contributed by atoms with Gasteiger partial charge in [0.1, 0.15) is 22.7 Å². The minimum atomic E-state index is -1.38. The van der Waals surface area contributed by atoms with Crippen molar-refractivity contribution in [2.24, 2.45) is 16.7 Å². The molecular formula is C25H28O8. The van der Waals surface area contributed by atoms with Crippen LogP contribution in [0.3, 0.4) is 0 Å². The van der Waals surface area contributed by atoms with Crippen molar-refractivity contribution in [2.45, 2.75) is 87.7 Å². The number of hydrogen-bond donors (Lipinski definition) is 1. The second-order valence-corrected chi connectivity index (χ2v) is 11.6. The molecule has 1 aromatic rings. The van der Waals surface area contributed by atoms with Gasteiger partial charge in [0, 0.05) is 35.8 Å². The van der Waals surface area contributed by atoms with Gasteiger partial charge in [-0.3, -0.25) is 4.79 Å². The smallest absolute Gasteiger partial charge is 0.331 e. The maximum absolute atomic E-state index is 13.3. The third kappa shape index (κ3) is 2.14. The number of carbonyl (C=O) groups is 2. The fraction of sp³-hybridized carbons (Fsp3) is 0.680. The lowest BCUT2D eigenvalue weighted by Gasteiger charge is -2.39. The van der Waals surface area contributed by atoms with E-state index in [1.807, 2.05) is 26.8 Å². The van der Waals surface area contributed by atoms with Crippen LogP contribution >= 0.6 is 0 Å². The second kappa shape index (κ2) is 5.56. The van der Waals surface area contributed by atoms with Crippen LogP contribution in [0.5, 0.6) is 0 Å². The van der Waals surface area contributed by atoms with Crippen LogP contribution in [0.25, 0.3) is 0 Å². The molecule has 0 aromatic carbocycles. The molecule has 0 unspecified atom stereocenters. The summed E-state index contributed by atoms with van der Waals surface area (Å²) in [5.74, 6) is -1.95. The van der Waals surface area contributed by atoms with Crippen molar-refractivity contribution in [3.63, 3.8) is 0 Å². The molecule has 176 valence electrons. The molecule has 4 aliphatic heterocycles. The SMILES string of the molecule is CC1(C)O[C@@]2(C[C@@H]1[C@]1(C)C=CC(=O)O1)C[C@]1(O)[C@H](CC[C@]34C[C@@]31C(=O)O[C@@H]4c1ccoc1)O2. The van der Waals surface area contributed by atoms with Crippen molar-refractivity contribution in [2.75, 3.05) is 0 Å². The van der Waals surface area contributed by atoms with Gasteiger partial charge < -0.3 is 28.5 Å². The van der Waals surface area contributed by atoms with Gasteiger partial charge in [-0.2, -0.15) is 0 Å². The van der Waals surface area contributed by atoms with Crippen LogP contribution in [0.1, 0.15) is 64.5 Å². The fourth-order valence-electron chi connectivity index (χ4n) is 8.31. The van der Waals surface area contributed by atoms with E-state index >= 15 is 0 Å². The fourth-order valence-corrected chi connectivity index (χ4v) is 8.31. The van der Waals surface area contributed by atoms with Gasteiger partial charge in [-0.25, -0.2) is 4.79 Å². The lowest BCUT2D eigenvalue weighted by molar-refractivity contribution is -0.240. The molecular weight excluding hydrogens is 428 g/mol. The molecule has 1 aromatic heterocycles. The molecule has 1 spiro atoms. The van der Waals surface area contributed by atoms with Crippen LogP contribution in [0, 0.1) is 16.7 Å². The van der Waals surface area contributed by atoms with Crippen LogP contribution < -0.4 is 0 Å². The number of esters is 2. The van der Waals surface area contributed by atoms with E-state index in [4.69, 9.17) is 23.4 Å². The van der Waals surface area contributed by atoms with Gasteiger partial charge in [0.05, 0.1) is 24.2 Å². The Hall–Kier alpha value is -2.16. The molecule has 5 heterocycles. The molecule has 33 heavy (non-hydrogen) atoms. The average Bonchev–Trinajstić information content (AvgIpc) is 3.20. The van der Waals surface area contributed by atoms with E-state index in [2.05, 4.69) is 0 Å². The van der Waals surface area contributed by atoms with E-state index in [9.17, 15) is 14.7 Å². The van der Waals surface area contributed by atoms with Crippen molar-refractivity contribution < 1.29 is 38.1 Å². The number of fused-ring (bicyclic) bond motifs is 1. The maximum atomic E-state index is 13.3. The molecule has 1 N–H and O–H groups in total.